The largest absolute Gasteiger partial charge is 0.497 e. The first-order valence-electron chi connectivity index (χ1n) is 9.45. The third kappa shape index (κ3) is 4.93. The molecule has 0 aliphatic heterocycles. The quantitative estimate of drug-likeness (QED) is 0.619. The van der Waals surface area contributed by atoms with Crippen molar-refractivity contribution in [1.29, 1.82) is 0 Å². The number of ether oxygens (including phenoxy) is 2. The lowest BCUT2D eigenvalue weighted by Gasteiger charge is -2.12. The van der Waals surface area contributed by atoms with Crippen LogP contribution in [0.4, 0.5) is 4.39 Å². The van der Waals surface area contributed by atoms with Gasteiger partial charge in [-0.2, -0.15) is 5.10 Å². The summed E-state index contributed by atoms with van der Waals surface area (Å²) in [7, 11) is 1.60. The maximum atomic E-state index is 13.4. The summed E-state index contributed by atoms with van der Waals surface area (Å²) in [5.41, 5.74) is 2.25. The van der Waals surface area contributed by atoms with Gasteiger partial charge >= 0.3 is 0 Å². The molecule has 0 fully saturated rings. The third-order valence-corrected chi connectivity index (χ3v) is 4.46. The van der Waals surface area contributed by atoms with E-state index < -0.39 is 0 Å². The maximum absolute atomic E-state index is 13.4. The second-order valence-corrected chi connectivity index (χ2v) is 6.49. The molecule has 29 heavy (non-hydrogen) atoms. The van der Waals surface area contributed by atoms with Crippen molar-refractivity contribution in [2.45, 2.75) is 26.7 Å². The van der Waals surface area contributed by atoms with Gasteiger partial charge < -0.3 is 14.8 Å². The number of carbonyl (C=O) groups excluding carboxylic acids is 1. The van der Waals surface area contributed by atoms with Gasteiger partial charge in [-0.1, -0.05) is 0 Å². The summed E-state index contributed by atoms with van der Waals surface area (Å²) in [6.07, 6.45) is 0.799. The van der Waals surface area contributed by atoms with Gasteiger partial charge in [0.1, 0.15) is 17.3 Å². The van der Waals surface area contributed by atoms with Crippen molar-refractivity contribution in [2.24, 2.45) is 0 Å². The number of aromatic nitrogens is 2. The molecule has 0 aliphatic carbocycles. The fraction of sp³-hybridized carbons (Fsp3) is 0.273. The van der Waals surface area contributed by atoms with E-state index in [2.05, 4.69) is 10.4 Å². The molecule has 6 nitrogen and oxygen atoms in total. The number of aryl methyl sites for hydroxylation is 1. The van der Waals surface area contributed by atoms with Crippen molar-refractivity contribution < 1.29 is 18.7 Å². The first-order chi connectivity index (χ1) is 14.0. The van der Waals surface area contributed by atoms with Gasteiger partial charge in [0.2, 0.25) is 11.8 Å². The molecule has 0 saturated carbocycles. The molecule has 152 valence electrons. The van der Waals surface area contributed by atoms with Crippen LogP contribution in [0, 0.1) is 12.7 Å². The van der Waals surface area contributed by atoms with Gasteiger partial charge in [-0.25, -0.2) is 9.07 Å². The number of rotatable bonds is 8. The SMILES string of the molecule is CCNC(=O)CCc1c(C)nn(-c2ccc(F)cc2)c1Oc1ccc(OC)cc1. The number of hydrogen-bond acceptors (Lipinski definition) is 4. The predicted octanol–water partition coefficient (Wildman–Crippen LogP) is 4.19. The third-order valence-electron chi connectivity index (χ3n) is 4.46. The van der Waals surface area contributed by atoms with Gasteiger partial charge in [-0.05, 0) is 68.8 Å². The minimum atomic E-state index is -0.327. The normalized spacial score (nSPS) is 10.6. The topological polar surface area (TPSA) is 65.4 Å². The lowest BCUT2D eigenvalue weighted by atomic mass is 10.1. The number of nitrogens with zero attached hydrogens (tertiary/aromatic N) is 2. The molecule has 0 bridgehead atoms. The molecule has 1 aromatic heterocycles. The Kier molecular flexibility index (Phi) is 6.49. The molecular weight excluding hydrogens is 373 g/mol. The molecule has 0 radical (unpaired) electrons. The molecule has 0 spiro atoms. The highest BCUT2D eigenvalue weighted by molar-refractivity contribution is 5.76. The Hall–Kier alpha value is -3.35. The predicted molar refractivity (Wildman–Crippen MR) is 108 cm³/mol. The number of amides is 1. The molecule has 1 heterocycles. The number of hydrogen-bond donors (Lipinski definition) is 1. The highest BCUT2D eigenvalue weighted by Crippen LogP contribution is 2.32. The smallest absolute Gasteiger partial charge is 0.226 e. The molecule has 0 unspecified atom stereocenters. The van der Waals surface area contributed by atoms with Crippen LogP contribution < -0.4 is 14.8 Å². The van der Waals surface area contributed by atoms with Crippen molar-refractivity contribution in [1.82, 2.24) is 15.1 Å². The van der Waals surface area contributed by atoms with Crippen LogP contribution in [0.5, 0.6) is 17.4 Å². The zero-order chi connectivity index (χ0) is 20.8. The second kappa shape index (κ2) is 9.23. The lowest BCUT2D eigenvalue weighted by molar-refractivity contribution is -0.120. The van der Waals surface area contributed by atoms with E-state index in [1.165, 1.54) is 12.1 Å². The molecule has 0 saturated heterocycles. The van der Waals surface area contributed by atoms with Crippen LogP contribution in [0.3, 0.4) is 0 Å². The highest BCUT2D eigenvalue weighted by atomic mass is 19.1. The Morgan fingerprint density at radius 2 is 1.76 bits per heavy atom. The molecule has 1 amide bonds. The lowest BCUT2D eigenvalue weighted by Crippen LogP contribution is -2.22. The van der Waals surface area contributed by atoms with Crippen LogP contribution >= 0.6 is 0 Å². The Morgan fingerprint density at radius 1 is 1.10 bits per heavy atom. The van der Waals surface area contributed by atoms with Crippen LogP contribution in [-0.2, 0) is 11.2 Å². The van der Waals surface area contributed by atoms with Crippen LogP contribution in [0.25, 0.3) is 5.69 Å². The summed E-state index contributed by atoms with van der Waals surface area (Å²) in [6.45, 7) is 4.34. The highest BCUT2D eigenvalue weighted by Gasteiger charge is 2.20. The first-order valence-corrected chi connectivity index (χ1v) is 9.45. The van der Waals surface area contributed by atoms with Crippen LogP contribution in [0.2, 0.25) is 0 Å². The van der Waals surface area contributed by atoms with Gasteiger partial charge in [0.25, 0.3) is 0 Å². The summed E-state index contributed by atoms with van der Waals surface area (Å²) in [4.78, 5) is 11.9. The molecular formula is C22H24FN3O3. The van der Waals surface area contributed by atoms with Gasteiger partial charge in [0, 0.05) is 18.5 Å². The maximum Gasteiger partial charge on any atom is 0.226 e. The molecule has 0 atom stereocenters. The average Bonchev–Trinajstić information content (AvgIpc) is 3.03. The van der Waals surface area contributed by atoms with Crippen molar-refractivity contribution in [3.8, 4) is 23.1 Å². The number of nitrogens with one attached hydrogen (secondary N) is 1. The Morgan fingerprint density at radius 3 is 2.38 bits per heavy atom. The minimum absolute atomic E-state index is 0.0307. The second-order valence-electron chi connectivity index (χ2n) is 6.49. The molecule has 7 heteroatoms. The fourth-order valence-corrected chi connectivity index (χ4v) is 2.97. The van der Waals surface area contributed by atoms with Gasteiger partial charge in [-0.3, -0.25) is 4.79 Å². The summed E-state index contributed by atoms with van der Waals surface area (Å²) in [5, 5.41) is 7.38. The summed E-state index contributed by atoms with van der Waals surface area (Å²) in [5.74, 6) is 1.47. The van der Waals surface area contributed by atoms with Crippen molar-refractivity contribution >= 4 is 5.91 Å². The van der Waals surface area contributed by atoms with Gasteiger partial charge in [0.15, 0.2) is 0 Å². The Balaban J connectivity index is 1.97. The molecule has 3 aromatic rings. The van der Waals surface area contributed by atoms with Gasteiger partial charge in [0.05, 0.1) is 18.5 Å². The van der Waals surface area contributed by atoms with E-state index in [0.29, 0.717) is 36.7 Å². The van der Waals surface area contributed by atoms with E-state index in [0.717, 1.165) is 17.0 Å². The molecule has 1 N–H and O–H groups in total. The monoisotopic (exact) mass is 397 g/mol. The number of benzene rings is 2. The van der Waals surface area contributed by atoms with E-state index in [4.69, 9.17) is 9.47 Å². The minimum Gasteiger partial charge on any atom is -0.497 e. The van der Waals surface area contributed by atoms with E-state index in [-0.39, 0.29) is 11.7 Å². The zero-order valence-corrected chi connectivity index (χ0v) is 16.7. The molecule has 3 rings (SSSR count). The van der Waals surface area contributed by atoms with E-state index >= 15 is 0 Å². The summed E-state index contributed by atoms with van der Waals surface area (Å²) >= 11 is 0. The van der Waals surface area contributed by atoms with Crippen molar-refractivity contribution in [3.05, 3.63) is 65.6 Å². The first kappa shape index (κ1) is 20.4. The van der Waals surface area contributed by atoms with Crippen LogP contribution in [0.1, 0.15) is 24.6 Å². The Bertz CT molecular complexity index is 966. The summed E-state index contributed by atoms with van der Waals surface area (Å²) in [6, 6.07) is 13.2. The fourth-order valence-electron chi connectivity index (χ4n) is 2.97. The number of halogens is 1. The van der Waals surface area contributed by atoms with E-state index in [1.54, 1.807) is 48.2 Å². The summed E-state index contributed by atoms with van der Waals surface area (Å²) < 4.78 is 26.3. The molecule has 2 aromatic carbocycles. The number of methoxy groups -OCH3 is 1. The van der Waals surface area contributed by atoms with Gasteiger partial charge in [-0.15, -0.1) is 0 Å². The van der Waals surface area contributed by atoms with Crippen LogP contribution in [-0.4, -0.2) is 29.3 Å². The average molecular weight is 397 g/mol. The molecule has 0 aliphatic rings. The standard InChI is InChI=1S/C22H24FN3O3/c1-4-24-21(27)14-13-20-15(2)25-26(17-7-5-16(23)6-8-17)22(20)29-19-11-9-18(28-3)10-12-19/h5-12H,4,13-14H2,1-3H3,(H,24,27). The van der Waals surface area contributed by atoms with E-state index in [9.17, 15) is 9.18 Å². The van der Waals surface area contributed by atoms with E-state index in [1.807, 2.05) is 13.8 Å². The van der Waals surface area contributed by atoms with Crippen molar-refractivity contribution in [3.63, 3.8) is 0 Å². The van der Waals surface area contributed by atoms with Crippen molar-refractivity contribution in [2.75, 3.05) is 13.7 Å². The Labute approximate surface area is 169 Å². The van der Waals surface area contributed by atoms with Crippen LogP contribution in [0.15, 0.2) is 48.5 Å². The zero-order valence-electron chi connectivity index (χ0n) is 16.7. The number of carbonyl (C=O) groups is 1.